The molecule has 26 heavy (non-hydrogen) atoms. The van der Waals surface area contributed by atoms with Gasteiger partial charge in [-0.15, -0.1) is 0 Å². The Kier molecular flexibility index (Phi) is 8.11. The molecule has 1 N–H and O–H groups in total. The quantitative estimate of drug-likeness (QED) is 0.680. The minimum atomic E-state index is -0.939. The van der Waals surface area contributed by atoms with E-state index in [4.69, 9.17) is 4.74 Å². The number of hydrogen-bond donors (Lipinski definition) is 1. The number of hydrogen-bond acceptors (Lipinski definition) is 3. The van der Waals surface area contributed by atoms with Crippen molar-refractivity contribution in [2.45, 2.75) is 71.4 Å². The van der Waals surface area contributed by atoms with Crippen LogP contribution in [0.3, 0.4) is 0 Å². The molecule has 1 aliphatic heterocycles. The molecule has 1 amide bonds. The van der Waals surface area contributed by atoms with Crippen LogP contribution in [0.1, 0.15) is 58.4 Å². The fourth-order valence-electron chi connectivity index (χ4n) is 3.39. The Morgan fingerprint density at radius 3 is 2.73 bits per heavy atom. The highest BCUT2D eigenvalue weighted by Gasteiger charge is 2.37. The van der Waals surface area contributed by atoms with E-state index in [9.17, 15) is 9.90 Å². The van der Waals surface area contributed by atoms with Gasteiger partial charge in [0.2, 0.25) is 0 Å². The Morgan fingerprint density at radius 1 is 1.31 bits per heavy atom. The van der Waals surface area contributed by atoms with Crippen molar-refractivity contribution in [1.82, 2.24) is 4.90 Å². The van der Waals surface area contributed by atoms with Gasteiger partial charge in [0, 0.05) is 13.2 Å². The first-order chi connectivity index (χ1) is 12.5. The molecule has 1 heterocycles. The van der Waals surface area contributed by atoms with Gasteiger partial charge >= 0.3 is 0 Å². The highest BCUT2D eigenvalue weighted by Crippen LogP contribution is 2.28. The van der Waals surface area contributed by atoms with Gasteiger partial charge < -0.3 is 14.7 Å². The zero-order valence-electron chi connectivity index (χ0n) is 16.6. The van der Waals surface area contributed by atoms with Gasteiger partial charge in [0.15, 0.2) is 0 Å². The van der Waals surface area contributed by atoms with Gasteiger partial charge in [-0.25, -0.2) is 0 Å². The zero-order valence-corrected chi connectivity index (χ0v) is 16.6. The summed E-state index contributed by atoms with van der Waals surface area (Å²) in [6.07, 6.45) is 4.92. The van der Waals surface area contributed by atoms with Crippen molar-refractivity contribution in [2.75, 3.05) is 19.8 Å². The second-order valence-electron chi connectivity index (χ2n) is 8.09. The van der Waals surface area contributed by atoms with Crippen molar-refractivity contribution in [1.29, 1.82) is 0 Å². The summed E-state index contributed by atoms with van der Waals surface area (Å²) in [6.45, 7) is 7.92. The van der Waals surface area contributed by atoms with Gasteiger partial charge in [-0.05, 0) is 49.5 Å². The van der Waals surface area contributed by atoms with E-state index in [0.717, 1.165) is 45.1 Å². The van der Waals surface area contributed by atoms with Crippen molar-refractivity contribution in [2.24, 2.45) is 5.41 Å². The second kappa shape index (κ2) is 10.1. The second-order valence-corrected chi connectivity index (χ2v) is 8.09. The van der Waals surface area contributed by atoms with Crippen LogP contribution in [0.4, 0.5) is 0 Å². The van der Waals surface area contributed by atoms with E-state index in [1.54, 1.807) is 0 Å². The van der Waals surface area contributed by atoms with E-state index < -0.39 is 11.5 Å². The van der Waals surface area contributed by atoms with Crippen LogP contribution in [-0.2, 0) is 16.0 Å². The fourth-order valence-corrected chi connectivity index (χ4v) is 3.39. The van der Waals surface area contributed by atoms with Crippen molar-refractivity contribution in [3.05, 3.63) is 35.9 Å². The highest BCUT2D eigenvalue weighted by atomic mass is 16.5. The predicted molar refractivity (Wildman–Crippen MR) is 105 cm³/mol. The third kappa shape index (κ3) is 5.82. The van der Waals surface area contributed by atoms with Crippen LogP contribution in [0.2, 0.25) is 0 Å². The summed E-state index contributed by atoms with van der Waals surface area (Å²) < 4.78 is 5.89. The summed E-state index contributed by atoms with van der Waals surface area (Å²) in [5, 5.41) is 10.5. The predicted octanol–water partition coefficient (Wildman–Crippen LogP) is 3.81. The van der Waals surface area contributed by atoms with Crippen molar-refractivity contribution < 1.29 is 14.6 Å². The zero-order chi connectivity index (χ0) is 19.0. The minimum absolute atomic E-state index is 0.0929. The Labute approximate surface area is 158 Å². The number of aryl methyl sites for hydroxylation is 1. The van der Waals surface area contributed by atoms with E-state index in [1.165, 1.54) is 5.56 Å². The van der Waals surface area contributed by atoms with Crippen LogP contribution >= 0.6 is 0 Å². The van der Waals surface area contributed by atoms with Crippen molar-refractivity contribution in [3.8, 4) is 0 Å². The van der Waals surface area contributed by atoms with Gasteiger partial charge in [-0.1, -0.05) is 51.1 Å². The lowest BCUT2D eigenvalue weighted by Gasteiger charge is -2.39. The molecule has 146 valence electrons. The number of carbonyl (C=O) groups excluding carboxylic acids is 1. The van der Waals surface area contributed by atoms with Crippen LogP contribution < -0.4 is 0 Å². The average Bonchev–Trinajstić information content (AvgIpc) is 2.67. The number of benzene rings is 1. The van der Waals surface area contributed by atoms with E-state index in [0.29, 0.717) is 13.2 Å². The number of nitrogens with zero attached hydrogens (tertiary/aromatic N) is 1. The summed E-state index contributed by atoms with van der Waals surface area (Å²) in [7, 11) is 0. The summed E-state index contributed by atoms with van der Waals surface area (Å²) in [5.74, 6) is -0.130. The maximum Gasteiger partial charge on any atom is 0.252 e. The standard InChI is InChI=1S/C22H35NO3/c1-4-22(2,3)20(24)21(25)23-15-9-8-14-19(23)17-26-16-10-13-18-11-6-5-7-12-18/h5-7,11-12,19-20,24H,4,8-10,13-17H2,1-3H3. The Bertz CT molecular complexity index is 544. The van der Waals surface area contributed by atoms with E-state index in [-0.39, 0.29) is 11.9 Å². The van der Waals surface area contributed by atoms with Crippen LogP contribution in [0.15, 0.2) is 30.3 Å². The molecule has 0 bridgehead atoms. The molecule has 4 nitrogen and oxygen atoms in total. The van der Waals surface area contributed by atoms with Crippen LogP contribution in [-0.4, -0.2) is 47.8 Å². The normalized spacial score (nSPS) is 19.4. The molecule has 0 radical (unpaired) electrons. The highest BCUT2D eigenvalue weighted by molar-refractivity contribution is 5.82. The van der Waals surface area contributed by atoms with Crippen LogP contribution in [0.5, 0.6) is 0 Å². The maximum absolute atomic E-state index is 12.8. The maximum atomic E-state index is 12.8. The molecular weight excluding hydrogens is 326 g/mol. The molecule has 0 spiro atoms. The van der Waals surface area contributed by atoms with Crippen LogP contribution in [0.25, 0.3) is 0 Å². The van der Waals surface area contributed by atoms with Gasteiger partial charge in [0.1, 0.15) is 6.10 Å². The number of carbonyl (C=O) groups is 1. The summed E-state index contributed by atoms with van der Waals surface area (Å²) in [5.41, 5.74) is 0.936. The Morgan fingerprint density at radius 2 is 2.04 bits per heavy atom. The average molecular weight is 362 g/mol. The molecule has 2 rings (SSSR count). The molecule has 1 aliphatic rings. The van der Waals surface area contributed by atoms with Crippen LogP contribution in [0, 0.1) is 5.41 Å². The number of likely N-dealkylation sites (tertiary alicyclic amines) is 1. The van der Waals surface area contributed by atoms with E-state index in [2.05, 4.69) is 24.3 Å². The fraction of sp³-hybridized carbons (Fsp3) is 0.682. The minimum Gasteiger partial charge on any atom is -0.383 e. The molecule has 1 aromatic rings. The molecule has 0 aromatic heterocycles. The van der Waals surface area contributed by atoms with Crippen molar-refractivity contribution >= 4 is 5.91 Å². The summed E-state index contributed by atoms with van der Waals surface area (Å²) >= 11 is 0. The number of piperidine rings is 1. The van der Waals surface area contributed by atoms with E-state index >= 15 is 0 Å². The first-order valence-electron chi connectivity index (χ1n) is 10.1. The third-order valence-corrected chi connectivity index (χ3v) is 5.70. The summed E-state index contributed by atoms with van der Waals surface area (Å²) in [6, 6.07) is 10.5. The van der Waals surface area contributed by atoms with E-state index in [1.807, 2.05) is 31.7 Å². The number of aliphatic hydroxyl groups excluding tert-OH is 1. The van der Waals surface area contributed by atoms with Gasteiger partial charge in [0.25, 0.3) is 5.91 Å². The number of aliphatic hydroxyl groups is 1. The number of amides is 1. The summed E-state index contributed by atoms with van der Waals surface area (Å²) in [4.78, 5) is 14.7. The molecule has 0 aliphatic carbocycles. The lowest BCUT2D eigenvalue weighted by molar-refractivity contribution is -0.152. The molecule has 1 saturated heterocycles. The first kappa shape index (κ1) is 20.9. The molecule has 4 heteroatoms. The molecule has 1 aromatic carbocycles. The third-order valence-electron chi connectivity index (χ3n) is 5.70. The smallest absolute Gasteiger partial charge is 0.252 e. The molecule has 1 fully saturated rings. The first-order valence-corrected chi connectivity index (χ1v) is 10.1. The van der Waals surface area contributed by atoms with Gasteiger partial charge in [0.05, 0.1) is 12.6 Å². The number of rotatable bonds is 9. The molecule has 2 unspecified atom stereocenters. The van der Waals surface area contributed by atoms with Gasteiger partial charge in [-0.3, -0.25) is 4.79 Å². The molecule has 0 saturated carbocycles. The molecular formula is C22H35NO3. The Hall–Kier alpha value is -1.39. The Balaban J connectivity index is 1.79. The van der Waals surface area contributed by atoms with Gasteiger partial charge in [-0.2, -0.15) is 0 Å². The largest absolute Gasteiger partial charge is 0.383 e. The van der Waals surface area contributed by atoms with Crippen molar-refractivity contribution in [3.63, 3.8) is 0 Å². The molecule has 2 atom stereocenters. The topological polar surface area (TPSA) is 49.8 Å². The lowest BCUT2D eigenvalue weighted by Crippen LogP contribution is -2.53. The monoisotopic (exact) mass is 361 g/mol. The number of ether oxygens (including phenoxy) is 1. The lowest BCUT2D eigenvalue weighted by atomic mass is 9.82. The SMILES string of the molecule is CCC(C)(C)C(O)C(=O)N1CCCCC1COCCCc1ccccc1.